The fourth-order valence-corrected chi connectivity index (χ4v) is 6.49. The lowest BCUT2D eigenvalue weighted by Crippen LogP contribution is -2.38. The Morgan fingerprint density at radius 1 is 0.630 bits per heavy atom. The molecule has 316 valence electrons. The molecule has 0 saturated heterocycles. The smallest absolute Gasteiger partial charge is 0.377 e. The number of phosphoric acid groups is 1. The second kappa shape index (κ2) is 37.0. The van der Waals surface area contributed by atoms with Gasteiger partial charge >= 0.3 is 20.1 Å². The van der Waals surface area contributed by atoms with Crippen molar-refractivity contribution in [3.8, 4) is 0 Å². The molecular weight excluding hydrogens is 701 g/mol. The van der Waals surface area contributed by atoms with Crippen LogP contribution in [0.4, 0.5) is 0 Å². The molecule has 0 fully saturated rings. The molecule has 1 N–H and O–H groups in total. The van der Waals surface area contributed by atoms with Gasteiger partial charge in [0.15, 0.2) is 6.10 Å². The van der Waals surface area contributed by atoms with E-state index >= 15 is 0 Å². The third kappa shape index (κ3) is 40.1. The van der Waals surface area contributed by atoms with Crippen LogP contribution in [0.25, 0.3) is 0 Å². The van der Waals surface area contributed by atoms with E-state index in [1.54, 1.807) is 0 Å². The van der Waals surface area contributed by atoms with E-state index in [0.29, 0.717) is 17.4 Å². The number of allylic oxidation sites excluding steroid dienone is 3. The first-order valence-electron chi connectivity index (χ1n) is 21.8. The summed E-state index contributed by atoms with van der Waals surface area (Å²) >= 11 is 0. The number of carbonyl (C=O) groups excluding carboxylic acids is 2. The Hall–Kier alpha value is -1.57. The van der Waals surface area contributed by atoms with Gasteiger partial charge in [0.05, 0.1) is 21.1 Å². The maximum atomic E-state index is 12.7. The van der Waals surface area contributed by atoms with Crippen molar-refractivity contribution in [1.29, 1.82) is 0 Å². The molecule has 1 unspecified atom stereocenters. The number of ether oxygens (including phenoxy) is 2. The van der Waals surface area contributed by atoms with Crippen LogP contribution in [0, 0.1) is 0 Å². The first-order valence-corrected chi connectivity index (χ1v) is 23.3. The van der Waals surface area contributed by atoms with E-state index in [1.807, 2.05) is 21.1 Å². The lowest BCUT2D eigenvalue weighted by atomic mass is 10.1. The molecule has 0 saturated carbocycles. The molecule has 0 aliphatic carbocycles. The van der Waals surface area contributed by atoms with Crippen LogP contribution in [0.15, 0.2) is 30.0 Å². The molecule has 0 heterocycles. The summed E-state index contributed by atoms with van der Waals surface area (Å²) in [5.41, 5.74) is 3.30. The maximum absolute atomic E-state index is 12.7. The summed E-state index contributed by atoms with van der Waals surface area (Å²) in [5.74, 6) is -0.828. The Morgan fingerprint density at radius 2 is 1.07 bits per heavy atom. The maximum Gasteiger partial charge on any atom is 0.377 e. The van der Waals surface area contributed by atoms with Gasteiger partial charge in [-0.3, -0.25) is 9.59 Å². The first kappa shape index (κ1) is 52.4. The van der Waals surface area contributed by atoms with Crippen LogP contribution >= 0.6 is 8.17 Å². The fourth-order valence-electron chi connectivity index (χ4n) is 5.75. The lowest BCUT2D eigenvalue weighted by molar-refractivity contribution is -0.870. The minimum absolute atomic E-state index is 0.0266. The molecule has 0 aromatic carbocycles. The van der Waals surface area contributed by atoms with Gasteiger partial charge in [-0.15, -0.1) is 5.73 Å². The van der Waals surface area contributed by atoms with Crippen LogP contribution in [0.2, 0.25) is 0 Å². The van der Waals surface area contributed by atoms with Crippen molar-refractivity contribution in [2.24, 2.45) is 0 Å². The van der Waals surface area contributed by atoms with Gasteiger partial charge in [0.1, 0.15) is 26.4 Å². The summed E-state index contributed by atoms with van der Waals surface area (Å²) in [6.45, 7) is 4.37. The van der Waals surface area contributed by atoms with Crippen LogP contribution in [0.1, 0.15) is 187 Å². The molecule has 0 aromatic heterocycles. The molecule has 0 radical (unpaired) electrons. The largest absolute Gasteiger partial charge is 0.606 e. The molecule has 0 aliphatic rings. The monoisotopic (exact) mass is 785 g/mol. The Kier molecular flexibility index (Phi) is 36.0. The summed E-state index contributed by atoms with van der Waals surface area (Å²) in [7, 11) is 1.46. The number of rotatable bonds is 39. The molecule has 54 heavy (non-hydrogen) atoms. The Morgan fingerprint density at radius 3 is 1.57 bits per heavy atom. The van der Waals surface area contributed by atoms with Crippen molar-refractivity contribution in [3.63, 3.8) is 0 Å². The Bertz CT molecular complexity index is 974. The van der Waals surface area contributed by atoms with Gasteiger partial charge in [-0.2, -0.15) is 13.9 Å². The SMILES string of the molecule is CCCCCCCC=C=CCCCCCCCC(=O)O[C@H](COC(=O)CCCCCCC/C=C/CCCCCCCC)CO[P+]([O-])(O)OCC[N+](C)(C)C. The third-order valence-electron chi connectivity index (χ3n) is 9.23. The zero-order chi connectivity index (χ0) is 40.0. The van der Waals surface area contributed by atoms with Crippen molar-refractivity contribution >= 4 is 20.1 Å². The van der Waals surface area contributed by atoms with E-state index < -0.39 is 26.9 Å². The lowest BCUT2D eigenvalue weighted by Gasteiger charge is -2.26. The number of quaternary nitrogens is 1. The Labute approximate surface area is 332 Å². The molecule has 0 aliphatic heterocycles. The highest BCUT2D eigenvalue weighted by atomic mass is 31.2. The number of unbranched alkanes of at least 4 members (excludes halogenated alkanes) is 21. The van der Waals surface area contributed by atoms with E-state index in [0.717, 1.165) is 77.0 Å². The average Bonchev–Trinajstić information content (AvgIpc) is 3.12. The summed E-state index contributed by atoms with van der Waals surface area (Å²) < 4.78 is 21.8. The molecule has 0 bridgehead atoms. The standard InChI is InChI=1S/C44H82NO8P/c1-6-8-10-12-14-16-18-20-22-24-26-28-30-32-34-36-43(46)50-40-42(41-52-54(48,49)51-39-38-45(3,4)5)53-44(47)37-35-33-31-29-27-25-23-21-19-17-15-13-11-9-7-2/h19-20,22-23,42H,6-18,24-41H2,1-5H3/p+1/b22-20+/t21?,42-/m1/s1. The van der Waals surface area contributed by atoms with Gasteiger partial charge in [-0.05, 0) is 76.4 Å². The van der Waals surface area contributed by atoms with Gasteiger partial charge in [0.25, 0.3) is 0 Å². The van der Waals surface area contributed by atoms with Gasteiger partial charge in [0.2, 0.25) is 0 Å². The fraction of sp³-hybridized carbons (Fsp3) is 0.841. The number of hydrogen-bond acceptors (Lipinski definition) is 8. The van der Waals surface area contributed by atoms with Gasteiger partial charge < -0.3 is 18.9 Å². The molecule has 0 aromatic rings. The number of hydrogen-bond donors (Lipinski definition) is 1. The van der Waals surface area contributed by atoms with Crippen LogP contribution in [0.3, 0.4) is 0 Å². The third-order valence-corrected chi connectivity index (χ3v) is 10.2. The molecule has 2 atom stereocenters. The van der Waals surface area contributed by atoms with Crippen molar-refractivity contribution in [2.75, 3.05) is 47.5 Å². The molecule has 9 nitrogen and oxygen atoms in total. The zero-order valence-corrected chi connectivity index (χ0v) is 36.4. The van der Waals surface area contributed by atoms with E-state index in [-0.39, 0.29) is 32.0 Å². The molecule has 10 heteroatoms. The van der Waals surface area contributed by atoms with Gasteiger partial charge in [-0.25, -0.2) is 0 Å². The van der Waals surface area contributed by atoms with E-state index in [9.17, 15) is 19.4 Å². The van der Waals surface area contributed by atoms with Crippen molar-refractivity contribution in [2.45, 2.75) is 193 Å². The van der Waals surface area contributed by atoms with Crippen molar-refractivity contribution < 1.29 is 42.4 Å². The second-order valence-corrected chi connectivity index (χ2v) is 17.3. The average molecular weight is 785 g/mol. The minimum Gasteiger partial charge on any atom is -0.606 e. The van der Waals surface area contributed by atoms with E-state index in [1.165, 1.54) is 77.0 Å². The van der Waals surface area contributed by atoms with Gasteiger partial charge in [-0.1, -0.05) is 122 Å². The minimum atomic E-state index is -4.38. The van der Waals surface area contributed by atoms with Crippen molar-refractivity contribution in [3.05, 3.63) is 30.0 Å². The molecular formula is C44H83NO8P+. The van der Waals surface area contributed by atoms with E-state index in [4.69, 9.17) is 18.5 Å². The van der Waals surface area contributed by atoms with E-state index in [2.05, 4.69) is 43.9 Å². The number of esters is 2. The summed E-state index contributed by atoms with van der Waals surface area (Å²) in [6.07, 6.45) is 37.1. The highest BCUT2D eigenvalue weighted by Crippen LogP contribution is 2.47. The quantitative estimate of drug-likeness (QED) is 0.0164. The number of carbonyl (C=O) groups is 2. The van der Waals surface area contributed by atoms with Crippen LogP contribution < -0.4 is 4.89 Å². The van der Waals surface area contributed by atoms with Gasteiger partial charge in [0, 0.05) is 12.8 Å². The molecule has 0 rings (SSSR count). The summed E-state index contributed by atoms with van der Waals surface area (Å²) in [5, 5.41) is 0. The number of phosphoric ester groups is 1. The first-order chi connectivity index (χ1) is 26.0. The van der Waals surface area contributed by atoms with Crippen LogP contribution in [-0.2, 0) is 28.1 Å². The second-order valence-electron chi connectivity index (χ2n) is 15.8. The number of likely N-dealkylation sites (N-methyl/N-ethyl adjacent to an activating group) is 1. The van der Waals surface area contributed by atoms with Crippen LogP contribution in [0.5, 0.6) is 0 Å². The Balaban J connectivity index is 4.41. The predicted octanol–water partition coefficient (Wildman–Crippen LogP) is 11.1. The zero-order valence-electron chi connectivity index (χ0n) is 35.5. The predicted molar refractivity (Wildman–Crippen MR) is 223 cm³/mol. The highest BCUT2D eigenvalue weighted by Gasteiger charge is 2.31. The normalized spacial score (nSPS) is 13.4. The highest BCUT2D eigenvalue weighted by molar-refractivity contribution is 7.52. The van der Waals surface area contributed by atoms with Crippen LogP contribution in [-0.4, -0.2) is 74.9 Å². The number of nitrogens with zero attached hydrogens (tertiary/aromatic N) is 1. The topological polar surface area (TPSA) is 114 Å². The summed E-state index contributed by atoms with van der Waals surface area (Å²) in [6, 6.07) is 0. The molecule has 0 amide bonds. The van der Waals surface area contributed by atoms with Crippen molar-refractivity contribution in [1.82, 2.24) is 0 Å². The molecule has 0 spiro atoms. The summed E-state index contributed by atoms with van der Waals surface area (Å²) in [4.78, 5) is 47.8.